The monoisotopic (exact) mass is 320 g/mol. The number of anilines is 1. The van der Waals surface area contributed by atoms with Crippen LogP contribution in [0.15, 0.2) is 24.4 Å². The summed E-state index contributed by atoms with van der Waals surface area (Å²) in [6.45, 7) is 4.83. The smallest absolute Gasteiger partial charge is 0.244 e. The Labute approximate surface area is 136 Å². The molecule has 0 aromatic carbocycles. The second kappa shape index (κ2) is 8.47. The Balaban J connectivity index is 1.80. The van der Waals surface area contributed by atoms with E-state index in [1.54, 1.807) is 25.1 Å². The van der Waals surface area contributed by atoms with Gasteiger partial charge in [0.2, 0.25) is 11.8 Å². The lowest BCUT2D eigenvalue weighted by Gasteiger charge is -2.36. The van der Waals surface area contributed by atoms with Crippen LogP contribution in [0, 0.1) is 0 Å². The number of ether oxygens (including phenoxy) is 1. The predicted molar refractivity (Wildman–Crippen MR) is 87.1 cm³/mol. The molecule has 1 atom stereocenters. The fourth-order valence-electron chi connectivity index (χ4n) is 2.54. The molecule has 1 fully saturated rings. The number of piperazine rings is 1. The van der Waals surface area contributed by atoms with Gasteiger partial charge >= 0.3 is 0 Å². The van der Waals surface area contributed by atoms with Gasteiger partial charge in [-0.15, -0.1) is 0 Å². The van der Waals surface area contributed by atoms with E-state index in [1.165, 1.54) is 0 Å². The standard InChI is InChI=1S/C16H24N4O3/c1-13(18-15(21)6-12-23-2)16(22)20-10-8-19(9-11-20)14-5-3-4-7-17-14/h3-5,7,13H,6,8-12H2,1-2H3,(H,18,21). The minimum Gasteiger partial charge on any atom is -0.384 e. The van der Waals surface area contributed by atoms with Gasteiger partial charge in [0.25, 0.3) is 0 Å². The Kier molecular flexibility index (Phi) is 6.34. The molecule has 1 aromatic heterocycles. The first-order valence-corrected chi connectivity index (χ1v) is 7.85. The molecule has 0 spiro atoms. The van der Waals surface area contributed by atoms with Gasteiger partial charge in [0.15, 0.2) is 0 Å². The molecule has 1 N–H and O–H groups in total. The number of methoxy groups -OCH3 is 1. The highest BCUT2D eigenvalue weighted by molar-refractivity contribution is 5.87. The second-order valence-corrected chi connectivity index (χ2v) is 5.53. The van der Waals surface area contributed by atoms with Crippen LogP contribution in [-0.2, 0) is 14.3 Å². The molecule has 7 heteroatoms. The molecule has 0 bridgehead atoms. The van der Waals surface area contributed by atoms with E-state index in [-0.39, 0.29) is 18.2 Å². The molecule has 2 rings (SSSR count). The van der Waals surface area contributed by atoms with E-state index in [4.69, 9.17) is 4.74 Å². The average molecular weight is 320 g/mol. The molecular weight excluding hydrogens is 296 g/mol. The Morgan fingerprint density at radius 3 is 2.65 bits per heavy atom. The summed E-state index contributed by atoms with van der Waals surface area (Å²) in [5, 5.41) is 2.72. The van der Waals surface area contributed by atoms with E-state index in [9.17, 15) is 9.59 Å². The molecule has 1 aromatic rings. The van der Waals surface area contributed by atoms with Crippen LogP contribution in [0.25, 0.3) is 0 Å². The van der Waals surface area contributed by atoms with E-state index >= 15 is 0 Å². The van der Waals surface area contributed by atoms with Crippen molar-refractivity contribution < 1.29 is 14.3 Å². The second-order valence-electron chi connectivity index (χ2n) is 5.53. The summed E-state index contributed by atoms with van der Waals surface area (Å²) in [6.07, 6.45) is 2.03. The van der Waals surface area contributed by atoms with Crippen molar-refractivity contribution in [3.8, 4) is 0 Å². The number of carbonyl (C=O) groups excluding carboxylic acids is 2. The topological polar surface area (TPSA) is 74.8 Å². The SMILES string of the molecule is COCCC(=O)NC(C)C(=O)N1CCN(c2ccccn2)CC1. The summed E-state index contributed by atoms with van der Waals surface area (Å²) in [5.74, 6) is 0.719. The third-order valence-corrected chi connectivity index (χ3v) is 3.85. The van der Waals surface area contributed by atoms with Crippen LogP contribution in [-0.4, -0.2) is 67.6 Å². The van der Waals surface area contributed by atoms with Gasteiger partial charge in [0, 0.05) is 45.9 Å². The zero-order chi connectivity index (χ0) is 16.7. The molecule has 126 valence electrons. The molecule has 1 unspecified atom stereocenters. The lowest BCUT2D eigenvalue weighted by molar-refractivity contribution is -0.136. The van der Waals surface area contributed by atoms with E-state index < -0.39 is 6.04 Å². The predicted octanol–water partition coefficient (Wildman–Crippen LogP) is 0.271. The van der Waals surface area contributed by atoms with Crippen LogP contribution in [0.1, 0.15) is 13.3 Å². The molecule has 2 heterocycles. The van der Waals surface area contributed by atoms with Gasteiger partial charge in [-0.3, -0.25) is 9.59 Å². The van der Waals surface area contributed by atoms with Gasteiger partial charge in [-0.2, -0.15) is 0 Å². The highest BCUT2D eigenvalue weighted by Gasteiger charge is 2.26. The third-order valence-electron chi connectivity index (χ3n) is 3.85. The van der Waals surface area contributed by atoms with Crippen molar-refractivity contribution in [3.63, 3.8) is 0 Å². The van der Waals surface area contributed by atoms with Crippen LogP contribution < -0.4 is 10.2 Å². The summed E-state index contributed by atoms with van der Waals surface area (Å²) < 4.78 is 4.86. The Morgan fingerprint density at radius 2 is 2.04 bits per heavy atom. The van der Waals surface area contributed by atoms with Gasteiger partial charge in [-0.25, -0.2) is 4.98 Å². The van der Waals surface area contributed by atoms with Crippen molar-refractivity contribution in [3.05, 3.63) is 24.4 Å². The third kappa shape index (κ3) is 4.92. The maximum absolute atomic E-state index is 12.4. The number of nitrogens with one attached hydrogen (secondary N) is 1. The van der Waals surface area contributed by atoms with Gasteiger partial charge in [0.1, 0.15) is 11.9 Å². The molecule has 7 nitrogen and oxygen atoms in total. The summed E-state index contributed by atoms with van der Waals surface area (Å²) in [4.78, 5) is 32.3. The summed E-state index contributed by atoms with van der Waals surface area (Å²) in [5.41, 5.74) is 0. The van der Waals surface area contributed by atoms with E-state index in [0.29, 0.717) is 19.7 Å². The Hall–Kier alpha value is -2.15. The van der Waals surface area contributed by atoms with Gasteiger partial charge in [0.05, 0.1) is 6.61 Å². The number of pyridine rings is 1. The van der Waals surface area contributed by atoms with Crippen molar-refractivity contribution in [2.45, 2.75) is 19.4 Å². The van der Waals surface area contributed by atoms with Gasteiger partial charge in [-0.05, 0) is 19.1 Å². The van der Waals surface area contributed by atoms with Crippen molar-refractivity contribution in [2.24, 2.45) is 0 Å². The molecule has 2 amide bonds. The highest BCUT2D eigenvalue weighted by Crippen LogP contribution is 2.13. The quantitative estimate of drug-likeness (QED) is 0.814. The highest BCUT2D eigenvalue weighted by atomic mass is 16.5. The Bertz CT molecular complexity index is 515. The number of aromatic nitrogens is 1. The van der Waals surface area contributed by atoms with E-state index in [1.807, 2.05) is 18.2 Å². The van der Waals surface area contributed by atoms with Crippen molar-refractivity contribution in [2.75, 3.05) is 44.8 Å². The lowest BCUT2D eigenvalue weighted by atomic mass is 10.2. The average Bonchev–Trinajstić information content (AvgIpc) is 2.60. The fourth-order valence-corrected chi connectivity index (χ4v) is 2.54. The first-order chi connectivity index (χ1) is 11.1. The number of carbonyl (C=O) groups is 2. The minimum atomic E-state index is -0.513. The largest absolute Gasteiger partial charge is 0.384 e. The molecule has 1 aliphatic rings. The summed E-state index contributed by atoms with van der Waals surface area (Å²) in [7, 11) is 1.54. The molecule has 0 aliphatic carbocycles. The van der Waals surface area contributed by atoms with E-state index in [0.717, 1.165) is 18.9 Å². The normalized spacial score (nSPS) is 16.1. The summed E-state index contributed by atoms with van der Waals surface area (Å²) >= 11 is 0. The number of hydrogen-bond donors (Lipinski definition) is 1. The first kappa shape index (κ1) is 17.2. The van der Waals surface area contributed by atoms with Crippen LogP contribution >= 0.6 is 0 Å². The van der Waals surface area contributed by atoms with Crippen LogP contribution in [0.2, 0.25) is 0 Å². The minimum absolute atomic E-state index is 0.0450. The van der Waals surface area contributed by atoms with Crippen molar-refractivity contribution in [1.82, 2.24) is 15.2 Å². The number of nitrogens with zero attached hydrogens (tertiary/aromatic N) is 3. The Morgan fingerprint density at radius 1 is 1.30 bits per heavy atom. The molecule has 1 aliphatic heterocycles. The van der Waals surface area contributed by atoms with Gasteiger partial charge in [-0.1, -0.05) is 6.07 Å². The molecule has 1 saturated heterocycles. The summed E-state index contributed by atoms with van der Waals surface area (Å²) in [6, 6.07) is 5.30. The molecule has 23 heavy (non-hydrogen) atoms. The van der Waals surface area contributed by atoms with Crippen LogP contribution in [0.4, 0.5) is 5.82 Å². The van der Waals surface area contributed by atoms with Gasteiger partial charge < -0.3 is 19.9 Å². The zero-order valence-corrected chi connectivity index (χ0v) is 13.7. The number of rotatable bonds is 6. The number of hydrogen-bond acceptors (Lipinski definition) is 5. The number of amides is 2. The fraction of sp³-hybridized carbons (Fsp3) is 0.562. The molecule has 0 saturated carbocycles. The zero-order valence-electron chi connectivity index (χ0n) is 13.7. The first-order valence-electron chi connectivity index (χ1n) is 7.85. The maximum Gasteiger partial charge on any atom is 0.244 e. The van der Waals surface area contributed by atoms with Crippen molar-refractivity contribution >= 4 is 17.6 Å². The van der Waals surface area contributed by atoms with Crippen LogP contribution in [0.5, 0.6) is 0 Å². The van der Waals surface area contributed by atoms with Crippen molar-refractivity contribution in [1.29, 1.82) is 0 Å². The van der Waals surface area contributed by atoms with E-state index in [2.05, 4.69) is 15.2 Å². The maximum atomic E-state index is 12.4. The molecule has 0 radical (unpaired) electrons. The molecular formula is C16H24N4O3. The van der Waals surface area contributed by atoms with Crippen LogP contribution in [0.3, 0.4) is 0 Å². The lowest BCUT2D eigenvalue weighted by Crippen LogP contribution is -2.54.